The van der Waals surface area contributed by atoms with E-state index in [4.69, 9.17) is 5.11 Å². The van der Waals surface area contributed by atoms with Crippen molar-refractivity contribution < 1.29 is 9.90 Å². The maximum Gasteiger partial charge on any atom is 0.223 e. The smallest absolute Gasteiger partial charge is 0.223 e. The second-order valence-electron chi connectivity index (χ2n) is 7.01. The molecule has 1 aromatic heterocycles. The molecule has 0 atom stereocenters. The van der Waals surface area contributed by atoms with E-state index in [1.807, 2.05) is 15.8 Å². The van der Waals surface area contributed by atoms with Crippen molar-refractivity contribution in [2.75, 3.05) is 39.3 Å². The van der Waals surface area contributed by atoms with Crippen LogP contribution in [0, 0.1) is 0 Å². The van der Waals surface area contributed by atoms with Gasteiger partial charge in [-0.2, -0.15) is 5.10 Å². The molecular formula is C18H30N4O2. The van der Waals surface area contributed by atoms with Crippen molar-refractivity contribution in [2.45, 2.75) is 51.0 Å². The Kier molecular flexibility index (Phi) is 6.26. The molecule has 2 aliphatic heterocycles. The van der Waals surface area contributed by atoms with Gasteiger partial charge in [0.15, 0.2) is 0 Å². The Labute approximate surface area is 144 Å². The first-order valence-electron chi connectivity index (χ1n) is 9.40. The predicted octanol–water partition coefficient (Wildman–Crippen LogP) is 1.46. The maximum absolute atomic E-state index is 12.3. The summed E-state index contributed by atoms with van der Waals surface area (Å²) in [6, 6.07) is 2.08. The number of likely N-dealkylation sites (tertiary alicyclic amines) is 2. The molecule has 2 fully saturated rings. The fourth-order valence-corrected chi connectivity index (χ4v) is 3.98. The lowest BCUT2D eigenvalue weighted by atomic mass is 9.93. The van der Waals surface area contributed by atoms with E-state index in [0.717, 1.165) is 45.6 Å². The predicted molar refractivity (Wildman–Crippen MR) is 92.8 cm³/mol. The van der Waals surface area contributed by atoms with Gasteiger partial charge in [0, 0.05) is 43.9 Å². The molecule has 0 radical (unpaired) electrons. The molecule has 2 aliphatic rings. The van der Waals surface area contributed by atoms with Gasteiger partial charge in [0.05, 0.1) is 13.2 Å². The number of hydrogen-bond donors (Lipinski definition) is 1. The Morgan fingerprint density at radius 1 is 1.12 bits per heavy atom. The Hall–Kier alpha value is -1.40. The molecule has 1 amide bonds. The van der Waals surface area contributed by atoms with Gasteiger partial charge in [0.1, 0.15) is 0 Å². The SMILES string of the molecule is O=C(CCN1CCC(c2ccnn2CCO)CC1)N1CCCCC1. The summed E-state index contributed by atoms with van der Waals surface area (Å²) in [4.78, 5) is 16.7. The first-order valence-corrected chi connectivity index (χ1v) is 9.40. The largest absolute Gasteiger partial charge is 0.394 e. The normalized spacial score (nSPS) is 20.5. The van der Waals surface area contributed by atoms with Crippen LogP contribution in [0.25, 0.3) is 0 Å². The van der Waals surface area contributed by atoms with Gasteiger partial charge in [-0.3, -0.25) is 9.48 Å². The molecule has 0 unspecified atom stereocenters. The van der Waals surface area contributed by atoms with Gasteiger partial charge in [-0.1, -0.05) is 0 Å². The van der Waals surface area contributed by atoms with Gasteiger partial charge in [0.25, 0.3) is 0 Å². The van der Waals surface area contributed by atoms with Crippen LogP contribution in [0.5, 0.6) is 0 Å². The second kappa shape index (κ2) is 8.62. The molecule has 6 heteroatoms. The standard InChI is InChI=1S/C18H30N4O2/c23-15-14-22-17(4-8-19-22)16-5-11-20(12-6-16)13-7-18(24)21-9-2-1-3-10-21/h4,8,16,23H,1-3,5-7,9-15H2. The van der Waals surface area contributed by atoms with E-state index in [2.05, 4.69) is 16.1 Å². The molecule has 0 saturated carbocycles. The molecule has 3 rings (SSSR count). The van der Waals surface area contributed by atoms with E-state index in [1.165, 1.54) is 25.0 Å². The first-order chi connectivity index (χ1) is 11.8. The summed E-state index contributed by atoms with van der Waals surface area (Å²) in [5, 5.41) is 13.4. The van der Waals surface area contributed by atoms with Gasteiger partial charge in [-0.15, -0.1) is 0 Å². The lowest BCUT2D eigenvalue weighted by Gasteiger charge is -2.33. The zero-order valence-electron chi connectivity index (χ0n) is 14.6. The molecule has 0 aliphatic carbocycles. The van der Waals surface area contributed by atoms with E-state index < -0.39 is 0 Å². The van der Waals surface area contributed by atoms with Crippen LogP contribution >= 0.6 is 0 Å². The molecule has 0 spiro atoms. The number of rotatable bonds is 6. The second-order valence-corrected chi connectivity index (χ2v) is 7.01. The van der Waals surface area contributed by atoms with Crippen molar-refractivity contribution in [3.63, 3.8) is 0 Å². The molecule has 1 N–H and O–H groups in total. The summed E-state index contributed by atoms with van der Waals surface area (Å²) in [6.07, 6.45) is 8.30. The molecule has 2 saturated heterocycles. The highest BCUT2D eigenvalue weighted by Gasteiger charge is 2.24. The average Bonchev–Trinajstić information content (AvgIpc) is 3.09. The van der Waals surface area contributed by atoms with Crippen LogP contribution in [0.4, 0.5) is 0 Å². The molecule has 24 heavy (non-hydrogen) atoms. The molecule has 3 heterocycles. The highest BCUT2D eigenvalue weighted by atomic mass is 16.3. The van der Waals surface area contributed by atoms with E-state index >= 15 is 0 Å². The number of amides is 1. The van der Waals surface area contributed by atoms with Crippen molar-refractivity contribution in [2.24, 2.45) is 0 Å². The Morgan fingerprint density at radius 3 is 2.58 bits per heavy atom. The summed E-state index contributed by atoms with van der Waals surface area (Å²) in [5.41, 5.74) is 1.24. The molecule has 0 aromatic carbocycles. The third-order valence-corrected chi connectivity index (χ3v) is 5.42. The number of hydrogen-bond acceptors (Lipinski definition) is 4. The number of aliphatic hydroxyl groups is 1. The van der Waals surface area contributed by atoms with Crippen LogP contribution in [0.3, 0.4) is 0 Å². The van der Waals surface area contributed by atoms with Crippen molar-refractivity contribution in [1.82, 2.24) is 19.6 Å². The molecular weight excluding hydrogens is 304 g/mol. The summed E-state index contributed by atoms with van der Waals surface area (Å²) in [5.74, 6) is 0.853. The van der Waals surface area contributed by atoms with Crippen molar-refractivity contribution in [3.8, 4) is 0 Å². The van der Waals surface area contributed by atoms with E-state index in [-0.39, 0.29) is 6.61 Å². The zero-order chi connectivity index (χ0) is 16.8. The van der Waals surface area contributed by atoms with Gasteiger partial charge in [0.2, 0.25) is 5.91 Å². The van der Waals surface area contributed by atoms with Crippen LogP contribution in [0.1, 0.15) is 50.1 Å². The summed E-state index contributed by atoms with van der Waals surface area (Å²) < 4.78 is 1.93. The summed E-state index contributed by atoms with van der Waals surface area (Å²) in [6.45, 7) is 5.59. The Morgan fingerprint density at radius 2 is 1.88 bits per heavy atom. The Bertz CT molecular complexity index is 517. The number of aliphatic hydroxyl groups excluding tert-OH is 1. The van der Waals surface area contributed by atoms with Crippen LogP contribution in [0.15, 0.2) is 12.3 Å². The van der Waals surface area contributed by atoms with Crippen molar-refractivity contribution in [1.29, 1.82) is 0 Å². The topological polar surface area (TPSA) is 61.6 Å². The monoisotopic (exact) mass is 334 g/mol. The number of carbonyl (C=O) groups excluding carboxylic acids is 1. The lowest BCUT2D eigenvalue weighted by Crippen LogP contribution is -2.39. The highest BCUT2D eigenvalue weighted by molar-refractivity contribution is 5.76. The molecule has 1 aromatic rings. The van der Waals surface area contributed by atoms with Gasteiger partial charge in [-0.05, 0) is 51.3 Å². The van der Waals surface area contributed by atoms with E-state index in [0.29, 0.717) is 24.8 Å². The highest BCUT2D eigenvalue weighted by Crippen LogP contribution is 2.27. The Balaban J connectivity index is 1.42. The average molecular weight is 334 g/mol. The van der Waals surface area contributed by atoms with Gasteiger partial charge < -0.3 is 14.9 Å². The van der Waals surface area contributed by atoms with Crippen molar-refractivity contribution >= 4 is 5.91 Å². The third kappa shape index (κ3) is 4.36. The summed E-state index contributed by atoms with van der Waals surface area (Å²) in [7, 11) is 0. The molecule has 6 nitrogen and oxygen atoms in total. The summed E-state index contributed by atoms with van der Waals surface area (Å²) >= 11 is 0. The van der Waals surface area contributed by atoms with Crippen LogP contribution in [0.2, 0.25) is 0 Å². The minimum atomic E-state index is 0.131. The zero-order valence-corrected chi connectivity index (χ0v) is 14.6. The maximum atomic E-state index is 12.3. The van der Waals surface area contributed by atoms with Gasteiger partial charge >= 0.3 is 0 Å². The molecule has 134 valence electrons. The fraction of sp³-hybridized carbons (Fsp3) is 0.778. The van der Waals surface area contributed by atoms with E-state index in [1.54, 1.807) is 0 Å². The number of nitrogens with zero attached hydrogens (tertiary/aromatic N) is 4. The minimum Gasteiger partial charge on any atom is -0.394 e. The lowest BCUT2D eigenvalue weighted by molar-refractivity contribution is -0.132. The first kappa shape index (κ1) is 17.4. The molecule has 0 bridgehead atoms. The van der Waals surface area contributed by atoms with Crippen molar-refractivity contribution in [3.05, 3.63) is 18.0 Å². The fourth-order valence-electron chi connectivity index (χ4n) is 3.98. The minimum absolute atomic E-state index is 0.131. The van der Waals surface area contributed by atoms with Crippen LogP contribution in [-0.2, 0) is 11.3 Å². The number of piperidine rings is 2. The third-order valence-electron chi connectivity index (χ3n) is 5.42. The van der Waals surface area contributed by atoms with Crippen LogP contribution < -0.4 is 0 Å². The quantitative estimate of drug-likeness (QED) is 0.855. The number of carbonyl (C=O) groups is 1. The van der Waals surface area contributed by atoms with Gasteiger partial charge in [-0.25, -0.2) is 0 Å². The van der Waals surface area contributed by atoms with E-state index in [9.17, 15) is 4.79 Å². The number of aromatic nitrogens is 2. The van der Waals surface area contributed by atoms with Crippen LogP contribution in [-0.4, -0.2) is 69.9 Å².